The zero-order valence-corrected chi connectivity index (χ0v) is 11.3. The molecule has 0 amide bonds. The molecule has 7 heteroatoms. The average Bonchev–Trinajstić information content (AvgIpc) is 3.07. The van der Waals surface area contributed by atoms with Crippen molar-refractivity contribution in [3.8, 4) is 0 Å². The molecule has 112 valence electrons. The third-order valence-electron chi connectivity index (χ3n) is 2.96. The van der Waals surface area contributed by atoms with Crippen LogP contribution in [0, 0.1) is 0 Å². The van der Waals surface area contributed by atoms with Crippen molar-refractivity contribution in [2.75, 3.05) is 13.7 Å². The van der Waals surface area contributed by atoms with E-state index in [0.717, 1.165) is 12.8 Å². The van der Waals surface area contributed by atoms with Crippen LogP contribution in [0.1, 0.15) is 33.1 Å². The standard InChI is InChI=1S/C12H20F3NO3/c1-8(19-7-12(13,14)15)6-11(2,10(17)18-3)16-9-4-5-9/h8-9,16H,4-7H2,1-3H3. The molecule has 2 unspecified atom stereocenters. The van der Waals surface area contributed by atoms with Gasteiger partial charge >= 0.3 is 12.1 Å². The van der Waals surface area contributed by atoms with Crippen LogP contribution in [0.3, 0.4) is 0 Å². The molecule has 1 aliphatic rings. The average molecular weight is 283 g/mol. The normalized spacial score (nSPS) is 20.7. The van der Waals surface area contributed by atoms with E-state index in [2.05, 4.69) is 5.32 Å². The molecule has 0 spiro atoms. The number of halogens is 3. The fourth-order valence-corrected chi connectivity index (χ4v) is 1.98. The van der Waals surface area contributed by atoms with Gasteiger partial charge < -0.3 is 9.47 Å². The van der Waals surface area contributed by atoms with Gasteiger partial charge in [0.15, 0.2) is 0 Å². The molecule has 19 heavy (non-hydrogen) atoms. The monoisotopic (exact) mass is 283 g/mol. The first-order valence-corrected chi connectivity index (χ1v) is 6.21. The number of ether oxygens (including phenoxy) is 2. The summed E-state index contributed by atoms with van der Waals surface area (Å²) in [5.74, 6) is -0.484. The summed E-state index contributed by atoms with van der Waals surface area (Å²) in [5.41, 5.74) is -1.01. The molecule has 0 bridgehead atoms. The number of esters is 1. The number of alkyl halides is 3. The third-order valence-corrected chi connectivity index (χ3v) is 2.96. The van der Waals surface area contributed by atoms with Crippen LogP contribution in [0.5, 0.6) is 0 Å². The predicted molar refractivity (Wildman–Crippen MR) is 62.7 cm³/mol. The predicted octanol–water partition coefficient (Wildman–Crippen LogP) is 2.03. The van der Waals surface area contributed by atoms with Gasteiger partial charge in [-0.15, -0.1) is 0 Å². The highest BCUT2D eigenvalue weighted by molar-refractivity contribution is 5.80. The lowest BCUT2D eigenvalue weighted by atomic mass is 9.94. The molecular weight excluding hydrogens is 263 g/mol. The summed E-state index contributed by atoms with van der Waals surface area (Å²) in [7, 11) is 1.26. The molecule has 0 radical (unpaired) electrons. The van der Waals surface area contributed by atoms with Crippen LogP contribution in [0.15, 0.2) is 0 Å². The lowest BCUT2D eigenvalue weighted by Crippen LogP contribution is -2.53. The van der Waals surface area contributed by atoms with Gasteiger partial charge in [0.1, 0.15) is 12.1 Å². The summed E-state index contributed by atoms with van der Waals surface area (Å²) in [6.45, 7) is 1.83. The van der Waals surface area contributed by atoms with Gasteiger partial charge in [-0.05, 0) is 26.7 Å². The van der Waals surface area contributed by atoms with Crippen LogP contribution in [-0.2, 0) is 14.3 Å². The SMILES string of the molecule is COC(=O)C(C)(CC(C)OCC(F)(F)F)NC1CC1. The Balaban J connectivity index is 2.53. The van der Waals surface area contributed by atoms with E-state index in [0.29, 0.717) is 0 Å². The second kappa shape index (κ2) is 6.09. The Morgan fingerprint density at radius 2 is 2.00 bits per heavy atom. The van der Waals surface area contributed by atoms with Gasteiger partial charge in [0.05, 0.1) is 13.2 Å². The van der Waals surface area contributed by atoms with E-state index >= 15 is 0 Å². The maximum Gasteiger partial charge on any atom is 0.411 e. The number of hydrogen-bond donors (Lipinski definition) is 1. The molecule has 2 atom stereocenters. The maximum absolute atomic E-state index is 12.1. The van der Waals surface area contributed by atoms with Crippen LogP contribution >= 0.6 is 0 Å². The van der Waals surface area contributed by atoms with Crippen molar-refractivity contribution in [3.63, 3.8) is 0 Å². The number of carbonyl (C=O) groups excluding carboxylic acids is 1. The summed E-state index contributed by atoms with van der Waals surface area (Å²) in [6, 6.07) is 0.235. The number of rotatable bonds is 7. The van der Waals surface area contributed by atoms with E-state index in [-0.39, 0.29) is 12.5 Å². The van der Waals surface area contributed by atoms with E-state index < -0.39 is 30.4 Å². The van der Waals surface area contributed by atoms with Crippen molar-refractivity contribution < 1.29 is 27.4 Å². The third kappa shape index (κ3) is 5.78. The van der Waals surface area contributed by atoms with Crippen molar-refractivity contribution >= 4 is 5.97 Å². The largest absolute Gasteiger partial charge is 0.468 e. The quantitative estimate of drug-likeness (QED) is 0.726. The highest BCUT2D eigenvalue weighted by Gasteiger charge is 2.41. The zero-order chi connectivity index (χ0) is 14.7. The summed E-state index contributed by atoms with van der Waals surface area (Å²) in [6.07, 6.45) is -3.00. The number of carbonyl (C=O) groups is 1. The first-order chi connectivity index (χ1) is 8.66. The Hall–Kier alpha value is -0.820. The lowest BCUT2D eigenvalue weighted by Gasteiger charge is -2.30. The van der Waals surface area contributed by atoms with Crippen LogP contribution in [0.2, 0.25) is 0 Å². The summed E-state index contributed by atoms with van der Waals surface area (Å²) >= 11 is 0. The Labute approximate surface area is 110 Å². The Morgan fingerprint density at radius 1 is 1.42 bits per heavy atom. The maximum atomic E-state index is 12.1. The van der Waals surface area contributed by atoms with Crippen molar-refractivity contribution in [2.24, 2.45) is 0 Å². The second-order valence-electron chi connectivity index (χ2n) is 5.18. The van der Waals surface area contributed by atoms with Gasteiger partial charge in [0.2, 0.25) is 0 Å². The molecule has 0 aromatic heterocycles. The van der Waals surface area contributed by atoms with Crippen molar-refractivity contribution in [2.45, 2.75) is 57.0 Å². The highest BCUT2D eigenvalue weighted by atomic mass is 19.4. The Kier molecular flexibility index (Phi) is 5.20. The molecule has 0 aromatic carbocycles. The summed E-state index contributed by atoms with van der Waals surface area (Å²) in [4.78, 5) is 11.8. The molecule has 0 heterocycles. The van der Waals surface area contributed by atoms with Crippen molar-refractivity contribution in [1.82, 2.24) is 5.32 Å². The minimum Gasteiger partial charge on any atom is -0.468 e. The molecule has 4 nitrogen and oxygen atoms in total. The Morgan fingerprint density at radius 3 is 2.42 bits per heavy atom. The van der Waals surface area contributed by atoms with Gasteiger partial charge in [-0.3, -0.25) is 10.1 Å². The molecule has 1 fully saturated rings. The highest BCUT2D eigenvalue weighted by Crippen LogP contribution is 2.26. The first-order valence-electron chi connectivity index (χ1n) is 6.21. The van der Waals surface area contributed by atoms with Gasteiger partial charge in [-0.2, -0.15) is 13.2 Å². The van der Waals surface area contributed by atoms with Crippen LogP contribution in [0.25, 0.3) is 0 Å². The van der Waals surface area contributed by atoms with Crippen molar-refractivity contribution in [3.05, 3.63) is 0 Å². The molecule has 1 aliphatic carbocycles. The molecular formula is C12H20F3NO3. The van der Waals surface area contributed by atoms with Gasteiger partial charge in [0.25, 0.3) is 0 Å². The first kappa shape index (κ1) is 16.2. The van der Waals surface area contributed by atoms with Crippen LogP contribution in [0.4, 0.5) is 13.2 Å². The van der Waals surface area contributed by atoms with Crippen molar-refractivity contribution in [1.29, 1.82) is 0 Å². The number of methoxy groups -OCH3 is 1. The van der Waals surface area contributed by atoms with E-state index in [9.17, 15) is 18.0 Å². The smallest absolute Gasteiger partial charge is 0.411 e. The summed E-state index contributed by atoms with van der Waals surface area (Å²) in [5, 5.41) is 3.11. The second-order valence-corrected chi connectivity index (χ2v) is 5.18. The molecule has 0 aromatic rings. The molecule has 1 saturated carbocycles. The topological polar surface area (TPSA) is 47.6 Å². The van der Waals surface area contributed by atoms with Crippen LogP contribution < -0.4 is 5.32 Å². The zero-order valence-electron chi connectivity index (χ0n) is 11.3. The van der Waals surface area contributed by atoms with Crippen LogP contribution in [-0.4, -0.2) is 43.5 Å². The van der Waals surface area contributed by atoms with E-state index in [1.807, 2.05) is 0 Å². The van der Waals surface area contributed by atoms with Gasteiger partial charge in [0, 0.05) is 12.5 Å². The van der Waals surface area contributed by atoms with Gasteiger partial charge in [-0.25, -0.2) is 0 Å². The lowest BCUT2D eigenvalue weighted by molar-refractivity contribution is -0.186. The Bertz CT molecular complexity index is 318. The summed E-state index contributed by atoms with van der Waals surface area (Å²) < 4.78 is 45.6. The minimum absolute atomic E-state index is 0.131. The number of nitrogens with one attached hydrogen (secondary N) is 1. The fraction of sp³-hybridized carbons (Fsp3) is 0.917. The minimum atomic E-state index is -4.36. The van der Waals surface area contributed by atoms with E-state index in [1.165, 1.54) is 14.0 Å². The van der Waals surface area contributed by atoms with E-state index in [4.69, 9.17) is 9.47 Å². The fourth-order valence-electron chi connectivity index (χ4n) is 1.98. The number of hydrogen-bond acceptors (Lipinski definition) is 4. The molecule has 0 saturated heterocycles. The van der Waals surface area contributed by atoms with Gasteiger partial charge in [-0.1, -0.05) is 0 Å². The van der Waals surface area contributed by atoms with E-state index in [1.54, 1.807) is 6.92 Å². The molecule has 1 rings (SSSR count). The molecule has 1 N–H and O–H groups in total. The molecule has 0 aliphatic heterocycles.